The standard InChI is InChI=1S/C12H12N4O2S/c1-8(17)18-10-5-3-2-4-9(10)6-14-16-12-15-11(13)7-19-12/h2-7H,13H2,1H3,(H,15,16). The van der Waals surface area contributed by atoms with E-state index in [2.05, 4.69) is 15.5 Å². The first-order chi connectivity index (χ1) is 9.15. The number of thiazole rings is 1. The highest BCUT2D eigenvalue weighted by Gasteiger charge is 2.03. The maximum absolute atomic E-state index is 11.0. The molecule has 0 fully saturated rings. The Kier molecular flexibility index (Phi) is 4.09. The number of ether oxygens (including phenoxy) is 1. The van der Waals surface area contributed by atoms with Crippen LogP contribution in [0, 0.1) is 0 Å². The van der Waals surface area contributed by atoms with Crippen LogP contribution in [0.5, 0.6) is 5.75 Å². The molecule has 0 spiro atoms. The van der Waals surface area contributed by atoms with Crippen LogP contribution in [-0.4, -0.2) is 17.2 Å². The second-order valence-corrected chi connectivity index (χ2v) is 4.44. The van der Waals surface area contributed by atoms with Crippen LogP contribution >= 0.6 is 11.3 Å². The smallest absolute Gasteiger partial charge is 0.308 e. The quantitative estimate of drug-likeness (QED) is 0.386. The number of para-hydroxylation sites is 1. The van der Waals surface area contributed by atoms with Crippen LogP contribution in [0.3, 0.4) is 0 Å². The van der Waals surface area contributed by atoms with Crippen molar-refractivity contribution in [3.05, 3.63) is 35.2 Å². The third-order valence-electron chi connectivity index (χ3n) is 2.06. The minimum absolute atomic E-state index is 0.374. The number of carbonyl (C=O) groups excluding carboxylic acids is 1. The molecular formula is C12H12N4O2S. The van der Waals surface area contributed by atoms with Crippen molar-refractivity contribution in [2.75, 3.05) is 11.2 Å². The SMILES string of the molecule is CC(=O)Oc1ccccc1C=NNc1nc(N)cs1. The summed E-state index contributed by atoms with van der Waals surface area (Å²) in [6.45, 7) is 1.35. The average Bonchev–Trinajstić information content (AvgIpc) is 2.77. The van der Waals surface area contributed by atoms with Crippen LogP contribution in [0.25, 0.3) is 0 Å². The summed E-state index contributed by atoms with van der Waals surface area (Å²) in [4.78, 5) is 15.0. The molecule has 2 aromatic rings. The topological polar surface area (TPSA) is 89.6 Å². The molecule has 2 rings (SSSR count). The van der Waals surface area contributed by atoms with Gasteiger partial charge in [0.05, 0.1) is 6.21 Å². The minimum Gasteiger partial charge on any atom is -0.426 e. The minimum atomic E-state index is -0.374. The van der Waals surface area contributed by atoms with Crippen LogP contribution in [0.1, 0.15) is 12.5 Å². The van der Waals surface area contributed by atoms with Gasteiger partial charge in [0, 0.05) is 17.9 Å². The van der Waals surface area contributed by atoms with Crippen LogP contribution in [0.15, 0.2) is 34.7 Å². The van der Waals surface area contributed by atoms with Crippen LogP contribution in [0.2, 0.25) is 0 Å². The molecular weight excluding hydrogens is 264 g/mol. The summed E-state index contributed by atoms with van der Waals surface area (Å²) in [5.74, 6) is 0.531. The van der Waals surface area contributed by atoms with E-state index < -0.39 is 0 Å². The van der Waals surface area contributed by atoms with E-state index in [1.54, 1.807) is 29.8 Å². The number of rotatable bonds is 4. The van der Waals surface area contributed by atoms with Crippen molar-refractivity contribution in [2.45, 2.75) is 6.92 Å². The molecule has 1 aromatic carbocycles. The number of hydrogen-bond acceptors (Lipinski definition) is 7. The van der Waals surface area contributed by atoms with Gasteiger partial charge in [-0.05, 0) is 12.1 Å². The van der Waals surface area contributed by atoms with Gasteiger partial charge in [-0.2, -0.15) is 5.10 Å². The number of anilines is 2. The first-order valence-electron chi connectivity index (χ1n) is 5.42. The third kappa shape index (κ3) is 3.78. The molecule has 0 saturated heterocycles. The molecule has 19 heavy (non-hydrogen) atoms. The number of nitrogen functional groups attached to an aromatic ring is 1. The summed E-state index contributed by atoms with van der Waals surface area (Å²) in [5.41, 5.74) is 8.93. The van der Waals surface area contributed by atoms with E-state index in [0.717, 1.165) is 0 Å². The number of nitrogens with one attached hydrogen (secondary N) is 1. The maximum Gasteiger partial charge on any atom is 0.308 e. The molecule has 0 atom stereocenters. The van der Waals surface area contributed by atoms with Crippen LogP contribution in [-0.2, 0) is 4.79 Å². The molecule has 0 amide bonds. The van der Waals surface area contributed by atoms with Gasteiger partial charge in [0.25, 0.3) is 0 Å². The molecule has 6 nitrogen and oxygen atoms in total. The second-order valence-electron chi connectivity index (χ2n) is 3.58. The summed E-state index contributed by atoms with van der Waals surface area (Å²) < 4.78 is 5.06. The summed E-state index contributed by atoms with van der Waals surface area (Å²) in [6.07, 6.45) is 1.55. The van der Waals surface area contributed by atoms with E-state index >= 15 is 0 Å². The number of hydrazone groups is 1. The number of esters is 1. The Bertz CT molecular complexity index is 609. The van der Waals surface area contributed by atoms with Gasteiger partial charge < -0.3 is 10.5 Å². The van der Waals surface area contributed by atoms with Gasteiger partial charge in [-0.15, -0.1) is 11.3 Å². The highest BCUT2D eigenvalue weighted by atomic mass is 32.1. The van der Waals surface area contributed by atoms with Crippen molar-refractivity contribution in [1.82, 2.24) is 4.98 Å². The Morgan fingerprint density at radius 2 is 2.32 bits per heavy atom. The van der Waals surface area contributed by atoms with Crippen molar-refractivity contribution in [1.29, 1.82) is 0 Å². The predicted molar refractivity (Wildman–Crippen MR) is 75.5 cm³/mol. The van der Waals surface area contributed by atoms with Gasteiger partial charge in [0.15, 0.2) is 0 Å². The van der Waals surface area contributed by atoms with E-state index in [9.17, 15) is 4.79 Å². The number of benzene rings is 1. The van der Waals surface area contributed by atoms with Crippen molar-refractivity contribution >= 4 is 34.5 Å². The van der Waals surface area contributed by atoms with Gasteiger partial charge in [-0.25, -0.2) is 4.98 Å². The normalized spacial score (nSPS) is 10.6. The predicted octanol–water partition coefficient (Wildman–Crippen LogP) is 2.10. The zero-order chi connectivity index (χ0) is 13.7. The molecule has 3 N–H and O–H groups in total. The van der Waals surface area contributed by atoms with Gasteiger partial charge in [0.2, 0.25) is 5.13 Å². The lowest BCUT2D eigenvalue weighted by molar-refractivity contribution is -0.131. The fourth-order valence-corrected chi connectivity index (χ4v) is 1.88. The Morgan fingerprint density at radius 3 is 3.00 bits per heavy atom. The molecule has 0 aliphatic rings. The Morgan fingerprint density at radius 1 is 1.53 bits per heavy atom. The number of aromatic nitrogens is 1. The molecule has 7 heteroatoms. The molecule has 0 unspecified atom stereocenters. The maximum atomic E-state index is 11.0. The summed E-state index contributed by atoms with van der Waals surface area (Å²) >= 11 is 1.35. The Hall–Kier alpha value is -2.41. The second kappa shape index (κ2) is 5.96. The van der Waals surface area contributed by atoms with Crippen molar-refractivity contribution in [2.24, 2.45) is 5.10 Å². The molecule has 0 saturated carbocycles. The zero-order valence-electron chi connectivity index (χ0n) is 10.2. The third-order valence-corrected chi connectivity index (χ3v) is 2.82. The Labute approximate surface area is 113 Å². The van der Waals surface area contributed by atoms with Crippen molar-refractivity contribution in [3.8, 4) is 5.75 Å². The molecule has 0 aliphatic carbocycles. The molecule has 98 valence electrons. The summed E-state index contributed by atoms with van der Waals surface area (Å²) in [7, 11) is 0. The van der Waals surface area contributed by atoms with Gasteiger partial charge >= 0.3 is 5.97 Å². The fourth-order valence-electron chi connectivity index (χ4n) is 1.33. The fraction of sp³-hybridized carbons (Fsp3) is 0.0833. The zero-order valence-corrected chi connectivity index (χ0v) is 11.0. The van der Waals surface area contributed by atoms with Crippen LogP contribution < -0.4 is 15.9 Å². The van der Waals surface area contributed by atoms with Gasteiger partial charge in [-0.3, -0.25) is 10.2 Å². The molecule has 1 heterocycles. The Balaban J connectivity index is 2.07. The summed E-state index contributed by atoms with van der Waals surface area (Å²) in [5, 5.41) is 6.33. The van der Waals surface area contributed by atoms with E-state index in [1.807, 2.05) is 6.07 Å². The van der Waals surface area contributed by atoms with E-state index in [0.29, 0.717) is 22.3 Å². The van der Waals surface area contributed by atoms with Crippen molar-refractivity contribution in [3.63, 3.8) is 0 Å². The van der Waals surface area contributed by atoms with E-state index in [4.69, 9.17) is 10.5 Å². The molecule has 0 aliphatic heterocycles. The van der Waals surface area contributed by atoms with Crippen molar-refractivity contribution < 1.29 is 9.53 Å². The average molecular weight is 276 g/mol. The van der Waals surface area contributed by atoms with Gasteiger partial charge in [0.1, 0.15) is 11.6 Å². The molecule has 0 bridgehead atoms. The monoisotopic (exact) mass is 276 g/mol. The van der Waals surface area contributed by atoms with Gasteiger partial charge in [-0.1, -0.05) is 12.1 Å². The summed E-state index contributed by atoms with van der Waals surface area (Å²) in [6, 6.07) is 7.10. The largest absolute Gasteiger partial charge is 0.426 e. The van der Waals surface area contributed by atoms with E-state index in [-0.39, 0.29) is 5.97 Å². The number of hydrogen-bond donors (Lipinski definition) is 2. The first kappa shape index (κ1) is 13.0. The number of nitrogens with two attached hydrogens (primary N) is 1. The molecule has 1 aromatic heterocycles. The lowest BCUT2D eigenvalue weighted by Gasteiger charge is -2.04. The lowest BCUT2D eigenvalue weighted by Crippen LogP contribution is -2.03. The number of nitrogens with zero attached hydrogens (tertiary/aromatic N) is 2. The highest BCUT2D eigenvalue weighted by Crippen LogP contribution is 2.18. The molecule has 0 radical (unpaired) electrons. The first-order valence-corrected chi connectivity index (χ1v) is 6.30. The number of carbonyl (C=O) groups is 1. The lowest BCUT2D eigenvalue weighted by atomic mass is 10.2. The van der Waals surface area contributed by atoms with Crippen LogP contribution in [0.4, 0.5) is 10.9 Å². The highest BCUT2D eigenvalue weighted by molar-refractivity contribution is 7.14. The van der Waals surface area contributed by atoms with E-state index in [1.165, 1.54) is 18.3 Å².